The van der Waals surface area contributed by atoms with Gasteiger partial charge >= 0.3 is 0 Å². The molecular weight excluding hydrogens is 240 g/mol. The molecule has 1 aromatic heterocycles. The number of hydrogen-bond donors (Lipinski definition) is 1. The fourth-order valence-electron chi connectivity index (χ4n) is 0.901. The number of primary amides is 1. The monoisotopic (exact) mass is 248 g/mol. The molecule has 0 spiro atoms. The van der Waals surface area contributed by atoms with Crippen LogP contribution in [0.25, 0.3) is 0 Å². The molecule has 0 aliphatic rings. The predicted octanol–water partition coefficient (Wildman–Crippen LogP) is 0.383. The highest BCUT2D eigenvalue weighted by Gasteiger charge is 2.30. The van der Waals surface area contributed by atoms with Gasteiger partial charge in [0.2, 0.25) is 15.7 Å². The zero-order valence-electron chi connectivity index (χ0n) is 7.84. The van der Waals surface area contributed by atoms with Crippen molar-refractivity contribution in [2.45, 2.75) is 17.2 Å². The lowest BCUT2D eigenvalue weighted by atomic mass is 10.5. The Morgan fingerprint density at radius 1 is 1.60 bits per heavy atom. The van der Waals surface area contributed by atoms with Crippen molar-refractivity contribution in [1.82, 2.24) is 4.98 Å². The van der Waals surface area contributed by atoms with Crippen molar-refractivity contribution in [3.63, 3.8) is 0 Å². The third-order valence-electron chi connectivity index (χ3n) is 1.86. The van der Waals surface area contributed by atoms with Gasteiger partial charge in [0.15, 0.2) is 5.03 Å². The first-order chi connectivity index (χ1) is 6.87. The van der Waals surface area contributed by atoms with Gasteiger partial charge in [-0.15, -0.1) is 0 Å². The molecule has 0 bridgehead atoms. The molecule has 0 saturated carbocycles. The molecule has 0 radical (unpaired) electrons. The van der Waals surface area contributed by atoms with Crippen molar-refractivity contribution >= 4 is 27.3 Å². The SMILES string of the molecule is CC(C(N)=O)S(=O)(=O)c1ncccc1Cl. The zero-order chi connectivity index (χ0) is 11.6. The van der Waals surface area contributed by atoms with Crippen LogP contribution in [0.3, 0.4) is 0 Å². The number of sulfone groups is 1. The fourth-order valence-corrected chi connectivity index (χ4v) is 2.53. The highest BCUT2D eigenvalue weighted by Crippen LogP contribution is 2.21. The summed E-state index contributed by atoms with van der Waals surface area (Å²) in [5.41, 5.74) is 4.92. The van der Waals surface area contributed by atoms with Crippen LogP contribution in [-0.2, 0) is 14.6 Å². The normalized spacial score (nSPS) is 13.5. The van der Waals surface area contributed by atoms with E-state index in [-0.39, 0.29) is 10.0 Å². The minimum absolute atomic E-state index is 0.0226. The Hall–Kier alpha value is -1.14. The minimum atomic E-state index is -3.89. The van der Waals surface area contributed by atoms with Gasteiger partial charge in [-0.2, -0.15) is 0 Å². The molecule has 0 fully saturated rings. The third-order valence-corrected chi connectivity index (χ3v) is 4.30. The lowest BCUT2D eigenvalue weighted by molar-refractivity contribution is -0.117. The molecular formula is C8H9ClN2O3S. The molecule has 1 heterocycles. The van der Waals surface area contributed by atoms with E-state index in [1.165, 1.54) is 25.3 Å². The van der Waals surface area contributed by atoms with Crippen molar-refractivity contribution in [2.24, 2.45) is 5.73 Å². The predicted molar refractivity (Wildman–Crippen MR) is 55.1 cm³/mol. The number of carbonyl (C=O) groups excluding carboxylic acids is 1. The Bertz CT molecular complexity index is 486. The Morgan fingerprint density at radius 2 is 2.20 bits per heavy atom. The van der Waals surface area contributed by atoms with E-state index < -0.39 is 21.0 Å². The van der Waals surface area contributed by atoms with Crippen LogP contribution in [0.5, 0.6) is 0 Å². The lowest BCUT2D eigenvalue weighted by Gasteiger charge is -2.09. The maximum Gasteiger partial charge on any atom is 0.235 e. The number of pyridine rings is 1. The Kier molecular flexibility index (Phi) is 3.31. The van der Waals surface area contributed by atoms with Gasteiger partial charge < -0.3 is 5.73 Å². The van der Waals surface area contributed by atoms with Crippen LogP contribution in [-0.4, -0.2) is 24.6 Å². The molecule has 0 aromatic carbocycles. The number of amides is 1. The summed E-state index contributed by atoms with van der Waals surface area (Å²) in [6.07, 6.45) is 1.28. The van der Waals surface area contributed by atoms with Crippen LogP contribution in [0.1, 0.15) is 6.92 Å². The average Bonchev–Trinajstić information content (AvgIpc) is 2.16. The molecule has 82 valence electrons. The van der Waals surface area contributed by atoms with Gasteiger partial charge in [0, 0.05) is 6.20 Å². The fraction of sp³-hybridized carbons (Fsp3) is 0.250. The summed E-state index contributed by atoms with van der Waals surface area (Å²) >= 11 is 5.66. The van der Waals surface area contributed by atoms with Gasteiger partial charge in [-0.25, -0.2) is 13.4 Å². The van der Waals surface area contributed by atoms with Crippen LogP contribution >= 0.6 is 11.6 Å². The van der Waals surface area contributed by atoms with Gasteiger partial charge in [-0.1, -0.05) is 11.6 Å². The molecule has 7 heteroatoms. The van der Waals surface area contributed by atoms with E-state index in [0.717, 1.165) is 0 Å². The van der Waals surface area contributed by atoms with Crippen molar-refractivity contribution in [3.05, 3.63) is 23.4 Å². The van der Waals surface area contributed by atoms with Crippen molar-refractivity contribution in [2.75, 3.05) is 0 Å². The summed E-state index contributed by atoms with van der Waals surface area (Å²) in [5.74, 6) is -0.934. The molecule has 1 rings (SSSR count). The molecule has 1 unspecified atom stereocenters. The van der Waals surface area contributed by atoms with Crippen molar-refractivity contribution in [3.8, 4) is 0 Å². The van der Waals surface area contributed by atoms with E-state index in [4.69, 9.17) is 17.3 Å². The molecule has 0 aliphatic heterocycles. The number of carbonyl (C=O) groups is 1. The van der Waals surface area contributed by atoms with Gasteiger partial charge in [-0.05, 0) is 19.1 Å². The second-order valence-corrected chi connectivity index (χ2v) is 5.47. The topological polar surface area (TPSA) is 90.1 Å². The van der Waals surface area contributed by atoms with E-state index >= 15 is 0 Å². The summed E-state index contributed by atoms with van der Waals surface area (Å²) in [7, 11) is -3.89. The lowest BCUT2D eigenvalue weighted by Crippen LogP contribution is -2.33. The van der Waals surface area contributed by atoms with E-state index in [0.29, 0.717) is 0 Å². The van der Waals surface area contributed by atoms with E-state index in [2.05, 4.69) is 4.98 Å². The van der Waals surface area contributed by atoms with Gasteiger partial charge in [0.1, 0.15) is 5.25 Å². The van der Waals surface area contributed by atoms with E-state index in [9.17, 15) is 13.2 Å². The molecule has 1 atom stereocenters. The van der Waals surface area contributed by atoms with Crippen LogP contribution in [0, 0.1) is 0 Å². The standard InChI is InChI=1S/C8H9ClN2O3S/c1-5(7(10)12)15(13,14)8-6(9)3-2-4-11-8/h2-5H,1H3,(H2,10,12). The third kappa shape index (κ3) is 2.27. The second-order valence-electron chi connectivity index (χ2n) is 2.88. The number of nitrogens with two attached hydrogens (primary N) is 1. The van der Waals surface area contributed by atoms with Crippen LogP contribution in [0.2, 0.25) is 5.02 Å². The Balaban J connectivity index is 3.30. The molecule has 0 aliphatic carbocycles. The molecule has 2 N–H and O–H groups in total. The van der Waals surface area contributed by atoms with E-state index in [1.807, 2.05) is 0 Å². The van der Waals surface area contributed by atoms with Crippen LogP contribution in [0.4, 0.5) is 0 Å². The Labute approximate surface area is 92.2 Å². The van der Waals surface area contributed by atoms with Gasteiger partial charge in [-0.3, -0.25) is 4.79 Å². The molecule has 15 heavy (non-hydrogen) atoms. The molecule has 1 aromatic rings. The maximum atomic E-state index is 11.7. The summed E-state index contributed by atoms with van der Waals surface area (Å²) in [6, 6.07) is 2.88. The number of hydrogen-bond acceptors (Lipinski definition) is 4. The number of halogens is 1. The maximum absolute atomic E-state index is 11.7. The average molecular weight is 249 g/mol. The second kappa shape index (κ2) is 4.16. The highest BCUT2D eigenvalue weighted by molar-refractivity contribution is 7.92. The van der Waals surface area contributed by atoms with Crippen molar-refractivity contribution in [1.29, 1.82) is 0 Å². The van der Waals surface area contributed by atoms with Gasteiger partial charge in [0.25, 0.3) is 0 Å². The molecule has 1 amide bonds. The van der Waals surface area contributed by atoms with Crippen molar-refractivity contribution < 1.29 is 13.2 Å². The number of rotatable bonds is 3. The van der Waals surface area contributed by atoms with E-state index in [1.54, 1.807) is 0 Å². The zero-order valence-corrected chi connectivity index (χ0v) is 9.42. The Morgan fingerprint density at radius 3 is 2.67 bits per heavy atom. The molecule has 5 nitrogen and oxygen atoms in total. The summed E-state index contributed by atoms with van der Waals surface area (Å²) in [6.45, 7) is 1.20. The largest absolute Gasteiger partial charge is 0.369 e. The summed E-state index contributed by atoms with van der Waals surface area (Å²) in [4.78, 5) is 14.4. The smallest absolute Gasteiger partial charge is 0.235 e. The van der Waals surface area contributed by atoms with Gasteiger partial charge in [0.05, 0.1) is 5.02 Å². The first-order valence-corrected chi connectivity index (χ1v) is 5.93. The number of aromatic nitrogens is 1. The molecule has 0 saturated heterocycles. The van der Waals surface area contributed by atoms with Crippen LogP contribution in [0.15, 0.2) is 23.4 Å². The highest BCUT2D eigenvalue weighted by atomic mass is 35.5. The first kappa shape index (κ1) is 11.9. The number of nitrogens with zero attached hydrogens (tertiary/aromatic N) is 1. The summed E-state index contributed by atoms with van der Waals surface area (Å²) in [5, 5.41) is -1.69. The minimum Gasteiger partial charge on any atom is -0.369 e. The van der Waals surface area contributed by atoms with Crippen LogP contribution < -0.4 is 5.73 Å². The quantitative estimate of drug-likeness (QED) is 0.837. The summed E-state index contributed by atoms with van der Waals surface area (Å²) < 4.78 is 23.5. The first-order valence-electron chi connectivity index (χ1n) is 4.01.